The van der Waals surface area contributed by atoms with Gasteiger partial charge in [0.1, 0.15) is 31.0 Å². The predicted octanol–water partition coefficient (Wildman–Crippen LogP) is -1.23. The van der Waals surface area contributed by atoms with Crippen molar-refractivity contribution in [2.45, 2.75) is 43.0 Å². The first-order valence-corrected chi connectivity index (χ1v) is 7.79. The van der Waals surface area contributed by atoms with Gasteiger partial charge < -0.3 is 38.8 Å². The van der Waals surface area contributed by atoms with Crippen LogP contribution in [0.2, 0.25) is 0 Å². The summed E-state index contributed by atoms with van der Waals surface area (Å²) >= 11 is 0. The molecular formula is C12H18N2O13. The quantitative estimate of drug-likeness (QED) is 0.181. The van der Waals surface area contributed by atoms with Crippen molar-refractivity contribution in [3.8, 4) is 0 Å². The van der Waals surface area contributed by atoms with Crippen molar-refractivity contribution in [3.05, 3.63) is 20.2 Å². The highest BCUT2D eigenvalue weighted by Gasteiger charge is 2.54. The SMILES string of the molecule is O=C(O)O[C@@H]1C(CCOCC(CO[N+](=O)[O-])O[N+](=O)[O-])O[C@H]2[C@H]1OC[C@H]2O. The fraction of sp³-hybridized carbons (Fsp3) is 0.917. The van der Waals surface area contributed by atoms with Crippen molar-refractivity contribution in [2.24, 2.45) is 0 Å². The normalized spacial score (nSPS) is 30.3. The average Bonchev–Trinajstić information content (AvgIpc) is 3.09. The number of hydrogen-bond acceptors (Lipinski definition) is 12. The van der Waals surface area contributed by atoms with Gasteiger partial charge in [0, 0.05) is 13.0 Å². The number of carbonyl (C=O) groups is 1. The van der Waals surface area contributed by atoms with Gasteiger partial charge in [-0.05, 0) is 0 Å². The van der Waals surface area contributed by atoms with Crippen LogP contribution in [-0.2, 0) is 28.6 Å². The zero-order valence-electron chi connectivity index (χ0n) is 13.8. The van der Waals surface area contributed by atoms with E-state index in [2.05, 4.69) is 9.68 Å². The van der Waals surface area contributed by atoms with Crippen molar-refractivity contribution in [2.75, 3.05) is 26.4 Å². The molecule has 154 valence electrons. The summed E-state index contributed by atoms with van der Waals surface area (Å²) in [6.45, 7) is -1.16. The zero-order chi connectivity index (χ0) is 20.0. The Morgan fingerprint density at radius 1 is 1.22 bits per heavy atom. The smallest absolute Gasteiger partial charge is 0.450 e. The Hall–Kier alpha value is -2.49. The van der Waals surface area contributed by atoms with Crippen molar-refractivity contribution in [1.29, 1.82) is 0 Å². The minimum absolute atomic E-state index is 0.00557. The molecule has 0 aromatic rings. The molecule has 27 heavy (non-hydrogen) atoms. The minimum atomic E-state index is -1.53. The number of hydrogen-bond donors (Lipinski definition) is 2. The van der Waals surface area contributed by atoms with E-state index in [4.69, 9.17) is 24.1 Å². The fourth-order valence-corrected chi connectivity index (χ4v) is 2.84. The molecule has 2 aliphatic rings. The molecule has 0 aromatic carbocycles. The third-order valence-corrected chi connectivity index (χ3v) is 3.87. The Kier molecular flexibility index (Phi) is 7.28. The Labute approximate surface area is 150 Å². The second-order valence-corrected chi connectivity index (χ2v) is 5.69. The summed E-state index contributed by atoms with van der Waals surface area (Å²) in [5.41, 5.74) is 0. The van der Waals surface area contributed by atoms with E-state index in [1.54, 1.807) is 0 Å². The number of ether oxygens (including phenoxy) is 4. The van der Waals surface area contributed by atoms with Crippen molar-refractivity contribution < 1.29 is 53.8 Å². The van der Waals surface area contributed by atoms with Gasteiger partial charge in [-0.3, -0.25) is 0 Å². The van der Waals surface area contributed by atoms with Gasteiger partial charge in [-0.1, -0.05) is 0 Å². The van der Waals surface area contributed by atoms with Gasteiger partial charge in [0.2, 0.25) is 0 Å². The molecular weight excluding hydrogens is 380 g/mol. The number of aliphatic hydroxyl groups excluding tert-OH is 1. The van der Waals surface area contributed by atoms with Crippen LogP contribution in [0.25, 0.3) is 0 Å². The van der Waals surface area contributed by atoms with Crippen LogP contribution in [-0.4, -0.2) is 89.6 Å². The number of rotatable bonds is 11. The molecule has 0 saturated carbocycles. The minimum Gasteiger partial charge on any atom is -0.450 e. The maximum atomic E-state index is 10.8. The molecule has 2 aliphatic heterocycles. The Morgan fingerprint density at radius 2 is 1.96 bits per heavy atom. The highest BCUT2D eigenvalue weighted by atomic mass is 17.0. The first-order chi connectivity index (χ1) is 12.8. The van der Waals surface area contributed by atoms with E-state index in [9.17, 15) is 30.1 Å². The second-order valence-electron chi connectivity index (χ2n) is 5.69. The molecule has 2 fully saturated rings. The second kappa shape index (κ2) is 9.45. The number of nitrogens with zero attached hydrogens (tertiary/aromatic N) is 2. The first-order valence-electron chi connectivity index (χ1n) is 7.79. The van der Waals surface area contributed by atoms with Crippen molar-refractivity contribution in [3.63, 3.8) is 0 Å². The summed E-state index contributed by atoms with van der Waals surface area (Å²) in [4.78, 5) is 39.6. The van der Waals surface area contributed by atoms with Gasteiger partial charge in [-0.2, -0.15) is 0 Å². The van der Waals surface area contributed by atoms with Gasteiger partial charge in [0.25, 0.3) is 10.2 Å². The third kappa shape index (κ3) is 6.02. The largest absolute Gasteiger partial charge is 0.506 e. The molecule has 0 aromatic heterocycles. The lowest BCUT2D eigenvalue weighted by atomic mass is 10.1. The van der Waals surface area contributed by atoms with E-state index in [1.807, 2.05) is 0 Å². The van der Waals surface area contributed by atoms with Crippen LogP contribution in [0.3, 0.4) is 0 Å². The summed E-state index contributed by atoms with van der Waals surface area (Å²) in [5, 5.41) is 36.8. The molecule has 0 spiro atoms. The molecule has 15 nitrogen and oxygen atoms in total. The average molecular weight is 398 g/mol. The van der Waals surface area contributed by atoms with E-state index in [1.165, 1.54) is 0 Å². The molecule has 0 aliphatic carbocycles. The zero-order valence-corrected chi connectivity index (χ0v) is 13.8. The fourth-order valence-electron chi connectivity index (χ4n) is 2.84. The van der Waals surface area contributed by atoms with E-state index >= 15 is 0 Å². The maximum absolute atomic E-state index is 10.8. The molecule has 2 saturated heterocycles. The predicted molar refractivity (Wildman–Crippen MR) is 77.6 cm³/mol. The van der Waals surface area contributed by atoms with E-state index < -0.39 is 66.2 Å². The molecule has 2 rings (SSSR count). The van der Waals surface area contributed by atoms with Crippen LogP contribution in [0, 0.1) is 20.2 Å². The Balaban J connectivity index is 1.80. The molecule has 0 radical (unpaired) electrons. The van der Waals surface area contributed by atoms with Crippen LogP contribution in [0.1, 0.15) is 6.42 Å². The molecule has 15 heteroatoms. The summed E-state index contributed by atoms with van der Waals surface area (Å²) in [6.07, 6.45) is -6.89. The van der Waals surface area contributed by atoms with Gasteiger partial charge in [0.15, 0.2) is 12.2 Å². The standard InChI is InChI=1S/C12H18N2O13/c15-7-5-23-11-9(7)25-8(10(11)26-12(16)17)1-2-22-3-6(27-14(20)21)4-24-13(18)19/h6-11,15H,1-5H2,(H,16,17)/t6?,7-,8?,9-,10-,11-/m1/s1. The van der Waals surface area contributed by atoms with Gasteiger partial charge in [-0.15, -0.1) is 20.2 Å². The van der Waals surface area contributed by atoms with Crippen LogP contribution in [0.4, 0.5) is 4.79 Å². The Bertz CT molecular complexity index is 545. The van der Waals surface area contributed by atoms with E-state index in [-0.39, 0.29) is 19.6 Å². The van der Waals surface area contributed by atoms with Crippen LogP contribution in [0.5, 0.6) is 0 Å². The Morgan fingerprint density at radius 3 is 2.59 bits per heavy atom. The number of aliphatic hydroxyl groups is 1. The third-order valence-electron chi connectivity index (χ3n) is 3.87. The molecule has 2 heterocycles. The van der Waals surface area contributed by atoms with E-state index in [0.29, 0.717) is 0 Å². The lowest BCUT2D eigenvalue weighted by molar-refractivity contribution is -0.790. The van der Waals surface area contributed by atoms with E-state index in [0.717, 1.165) is 0 Å². The molecule has 0 bridgehead atoms. The lowest BCUT2D eigenvalue weighted by Crippen LogP contribution is -2.37. The van der Waals surface area contributed by atoms with Crippen LogP contribution < -0.4 is 0 Å². The molecule has 0 amide bonds. The number of fused-ring (bicyclic) bond motifs is 1. The highest BCUT2D eigenvalue weighted by Crippen LogP contribution is 2.34. The highest BCUT2D eigenvalue weighted by molar-refractivity contribution is 5.57. The maximum Gasteiger partial charge on any atom is 0.506 e. The molecule has 6 atom stereocenters. The summed E-state index contributed by atoms with van der Waals surface area (Å²) < 4.78 is 20.8. The lowest BCUT2D eigenvalue weighted by Gasteiger charge is -2.21. The molecule has 2 N–H and O–H groups in total. The van der Waals surface area contributed by atoms with Crippen molar-refractivity contribution in [1.82, 2.24) is 0 Å². The summed E-state index contributed by atoms with van der Waals surface area (Å²) in [5.74, 6) is 0. The van der Waals surface area contributed by atoms with Crippen LogP contribution in [0.15, 0.2) is 0 Å². The summed E-state index contributed by atoms with van der Waals surface area (Å²) in [6, 6.07) is 0. The monoisotopic (exact) mass is 398 g/mol. The van der Waals surface area contributed by atoms with Crippen LogP contribution >= 0.6 is 0 Å². The topological polar surface area (TPSA) is 199 Å². The van der Waals surface area contributed by atoms with Gasteiger partial charge in [0.05, 0.1) is 13.2 Å². The molecule has 2 unspecified atom stereocenters. The summed E-state index contributed by atoms with van der Waals surface area (Å²) in [7, 11) is 0. The van der Waals surface area contributed by atoms with Gasteiger partial charge in [-0.25, -0.2) is 4.79 Å². The van der Waals surface area contributed by atoms with Gasteiger partial charge >= 0.3 is 6.16 Å². The number of carboxylic acid groups (broad SMARTS) is 1. The first kappa shape index (κ1) is 20.8. The van der Waals surface area contributed by atoms with Crippen molar-refractivity contribution >= 4 is 6.16 Å².